The normalized spacial score (nSPS) is 15.4. The van der Waals surface area contributed by atoms with Crippen LogP contribution in [0.25, 0.3) is 10.6 Å². The number of nitrogens with one attached hydrogen (secondary N) is 1. The van der Waals surface area contributed by atoms with Crippen LogP contribution in [0.3, 0.4) is 0 Å². The van der Waals surface area contributed by atoms with E-state index in [-0.39, 0.29) is 5.56 Å². The Morgan fingerprint density at radius 1 is 1.33 bits per heavy atom. The Morgan fingerprint density at radius 2 is 2.10 bits per heavy atom. The lowest BCUT2D eigenvalue weighted by atomic mass is 10.1. The maximum Gasteiger partial charge on any atom is 0.417 e. The summed E-state index contributed by atoms with van der Waals surface area (Å²) in [5.41, 5.74) is -0.527. The molecule has 2 aromatic rings. The highest BCUT2D eigenvalue weighted by Crippen LogP contribution is 2.39. The van der Waals surface area contributed by atoms with Gasteiger partial charge in [0.15, 0.2) is 0 Å². The topological polar surface area (TPSA) is 24.9 Å². The molecule has 112 valence electrons. The van der Waals surface area contributed by atoms with Crippen molar-refractivity contribution in [2.24, 2.45) is 0 Å². The van der Waals surface area contributed by atoms with Gasteiger partial charge >= 0.3 is 6.18 Å². The third-order valence-electron chi connectivity index (χ3n) is 3.21. The summed E-state index contributed by atoms with van der Waals surface area (Å²) in [6.07, 6.45) is -0.387. The van der Waals surface area contributed by atoms with Crippen LogP contribution in [0.15, 0.2) is 28.9 Å². The van der Waals surface area contributed by atoms with Crippen molar-refractivity contribution in [1.29, 1.82) is 0 Å². The number of aromatic nitrogens is 1. The molecule has 21 heavy (non-hydrogen) atoms. The minimum absolute atomic E-state index is 0.133. The molecule has 3 rings (SSSR count). The van der Waals surface area contributed by atoms with Gasteiger partial charge in [-0.15, -0.1) is 11.3 Å². The highest BCUT2D eigenvalue weighted by molar-refractivity contribution is 9.10. The summed E-state index contributed by atoms with van der Waals surface area (Å²) in [6.45, 7) is 0.667. The number of hydrogen-bond acceptors (Lipinski definition) is 3. The molecule has 0 aliphatic heterocycles. The van der Waals surface area contributed by atoms with Gasteiger partial charge in [0, 0.05) is 33.7 Å². The number of thiazole rings is 1. The summed E-state index contributed by atoms with van der Waals surface area (Å²) in [7, 11) is 0. The van der Waals surface area contributed by atoms with E-state index in [0.717, 1.165) is 10.9 Å². The Hall–Kier alpha value is -0.920. The van der Waals surface area contributed by atoms with Crippen molar-refractivity contribution in [1.82, 2.24) is 10.3 Å². The van der Waals surface area contributed by atoms with Crippen LogP contribution in [-0.4, -0.2) is 11.0 Å². The Bertz CT molecular complexity index is 650. The third kappa shape index (κ3) is 3.64. The maximum atomic E-state index is 13.1. The zero-order valence-electron chi connectivity index (χ0n) is 10.9. The number of alkyl halides is 3. The predicted molar refractivity (Wildman–Crippen MR) is 80.1 cm³/mol. The second-order valence-corrected chi connectivity index (χ2v) is 7.01. The zero-order chi connectivity index (χ0) is 15.0. The minimum atomic E-state index is -4.39. The Kier molecular flexibility index (Phi) is 4.07. The molecule has 1 heterocycles. The maximum absolute atomic E-state index is 13.1. The first-order valence-electron chi connectivity index (χ1n) is 6.48. The van der Waals surface area contributed by atoms with Crippen LogP contribution >= 0.6 is 27.3 Å². The van der Waals surface area contributed by atoms with E-state index in [1.807, 2.05) is 0 Å². The smallest absolute Gasteiger partial charge is 0.309 e. The van der Waals surface area contributed by atoms with Gasteiger partial charge in [-0.05, 0) is 25.0 Å². The second-order valence-electron chi connectivity index (χ2n) is 4.97. The average Bonchev–Trinajstić information content (AvgIpc) is 3.13. The molecule has 0 spiro atoms. The molecule has 7 heteroatoms. The van der Waals surface area contributed by atoms with Gasteiger partial charge in [0.1, 0.15) is 5.01 Å². The summed E-state index contributed by atoms with van der Waals surface area (Å²) in [4.78, 5) is 5.10. The van der Waals surface area contributed by atoms with Crippen LogP contribution in [0.4, 0.5) is 13.2 Å². The first-order valence-corrected chi connectivity index (χ1v) is 8.09. The molecule has 0 radical (unpaired) electrons. The molecule has 1 N–H and O–H groups in total. The molecule has 1 fully saturated rings. The molecule has 0 amide bonds. The SMILES string of the molecule is FC(F)(F)c1cc(Br)ccc1-c1ncc(CNC2CC2)s1. The zero-order valence-corrected chi connectivity index (χ0v) is 13.3. The van der Waals surface area contributed by atoms with E-state index in [1.54, 1.807) is 12.3 Å². The molecular weight excluding hydrogens is 365 g/mol. The van der Waals surface area contributed by atoms with E-state index >= 15 is 0 Å². The van der Waals surface area contributed by atoms with Gasteiger partial charge in [0.2, 0.25) is 0 Å². The average molecular weight is 377 g/mol. The monoisotopic (exact) mass is 376 g/mol. The van der Waals surface area contributed by atoms with Crippen LogP contribution in [0.1, 0.15) is 23.3 Å². The summed E-state index contributed by atoms with van der Waals surface area (Å²) in [6, 6.07) is 4.73. The van der Waals surface area contributed by atoms with Gasteiger partial charge in [-0.25, -0.2) is 4.98 Å². The molecule has 0 bridgehead atoms. The van der Waals surface area contributed by atoms with E-state index in [2.05, 4.69) is 26.2 Å². The Labute approximate surface area is 132 Å². The number of hydrogen-bond donors (Lipinski definition) is 1. The minimum Gasteiger partial charge on any atom is -0.309 e. The molecule has 1 saturated carbocycles. The van der Waals surface area contributed by atoms with Gasteiger partial charge in [-0.1, -0.05) is 22.0 Å². The standard InChI is InChI=1S/C14H12BrF3N2S/c15-8-1-4-11(12(5-8)14(16,17)18)13-20-7-10(21-13)6-19-9-2-3-9/h1,4-5,7,9,19H,2-3,6H2. The van der Waals surface area contributed by atoms with Crippen molar-refractivity contribution < 1.29 is 13.2 Å². The molecule has 0 unspecified atom stereocenters. The summed E-state index contributed by atoms with van der Waals surface area (Å²) in [5.74, 6) is 0. The van der Waals surface area contributed by atoms with E-state index in [1.165, 1.54) is 30.2 Å². The van der Waals surface area contributed by atoms with Crippen molar-refractivity contribution in [3.63, 3.8) is 0 Å². The molecule has 0 atom stereocenters. The van der Waals surface area contributed by atoms with Gasteiger partial charge in [-0.3, -0.25) is 0 Å². The number of halogens is 4. The quantitative estimate of drug-likeness (QED) is 0.825. The predicted octanol–water partition coefficient (Wildman–Crippen LogP) is 4.84. The number of rotatable bonds is 4. The summed E-state index contributed by atoms with van der Waals surface area (Å²) >= 11 is 4.39. The molecule has 0 saturated heterocycles. The fraction of sp³-hybridized carbons (Fsp3) is 0.357. The first-order chi connectivity index (χ1) is 9.93. The van der Waals surface area contributed by atoms with Gasteiger partial charge in [0.05, 0.1) is 5.56 Å². The van der Waals surface area contributed by atoms with Crippen LogP contribution in [-0.2, 0) is 12.7 Å². The lowest BCUT2D eigenvalue weighted by Crippen LogP contribution is -2.14. The number of benzene rings is 1. The summed E-state index contributed by atoms with van der Waals surface area (Å²) < 4.78 is 39.8. The van der Waals surface area contributed by atoms with Crippen LogP contribution in [0.2, 0.25) is 0 Å². The van der Waals surface area contributed by atoms with Gasteiger partial charge < -0.3 is 5.32 Å². The van der Waals surface area contributed by atoms with Crippen LogP contribution in [0, 0.1) is 0 Å². The van der Waals surface area contributed by atoms with E-state index < -0.39 is 11.7 Å². The Morgan fingerprint density at radius 3 is 2.76 bits per heavy atom. The van der Waals surface area contributed by atoms with Gasteiger partial charge in [0.25, 0.3) is 0 Å². The lowest BCUT2D eigenvalue weighted by Gasteiger charge is -2.11. The van der Waals surface area contributed by atoms with Crippen molar-refractivity contribution in [2.75, 3.05) is 0 Å². The van der Waals surface area contributed by atoms with E-state index in [9.17, 15) is 13.2 Å². The highest BCUT2D eigenvalue weighted by Gasteiger charge is 2.34. The molecule has 1 aliphatic carbocycles. The molecule has 1 aromatic heterocycles. The van der Waals surface area contributed by atoms with E-state index in [4.69, 9.17) is 0 Å². The van der Waals surface area contributed by atoms with Crippen molar-refractivity contribution in [3.8, 4) is 10.6 Å². The molecule has 1 aromatic carbocycles. The van der Waals surface area contributed by atoms with Crippen molar-refractivity contribution in [2.45, 2.75) is 31.6 Å². The third-order valence-corrected chi connectivity index (χ3v) is 4.74. The molecule has 2 nitrogen and oxygen atoms in total. The Balaban J connectivity index is 1.88. The fourth-order valence-corrected chi connectivity index (χ4v) is 3.25. The van der Waals surface area contributed by atoms with Gasteiger partial charge in [-0.2, -0.15) is 13.2 Å². The van der Waals surface area contributed by atoms with E-state index in [0.29, 0.717) is 22.1 Å². The van der Waals surface area contributed by atoms with Crippen LogP contribution in [0.5, 0.6) is 0 Å². The fourth-order valence-electron chi connectivity index (χ4n) is 1.98. The largest absolute Gasteiger partial charge is 0.417 e. The van der Waals surface area contributed by atoms with Crippen molar-refractivity contribution >= 4 is 27.3 Å². The number of nitrogens with zero attached hydrogens (tertiary/aromatic N) is 1. The highest BCUT2D eigenvalue weighted by atomic mass is 79.9. The molecular formula is C14H12BrF3N2S. The van der Waals surface area contributed by atoms with Crippen LogP contribution < -0.4 is 5.32 Å². The second kappa shape index (κ2) is 5.70. The molecule has 1 aliphatic rings. The first kappa shape index (κ1) is 15.0. The van der Waals surface area contributed by atoms with Crippen molar-refractivity contribution in [3.05, 3.63) is 39.3 Å². The lowest BCUT2D eigenvalue weighted by molar-refractivity contribution is -0.137. The summed E-state index contributed by atoms with van der Waals surface area (Å²) in [5, 5.41) is 3.74.